The van der Waals surface area contributed by atoms with Crippen molar-refractivity contribution in [1.82, 2.24) is 19.7 Å². The van der Waals surface area contributed by atoms with Gasteiger partial charge in [0.15, 0.2) is 0 Å². The van der Waals surface area contributed by atoms with E-state index in [1.165, 1.54) is 0 Å². The lowest BCUT2D eigenvalue weighted by Gasteiger charge is -2.17. The molecule has 2 aromatic rings. The number of nitrogens with one attached hydrogen (secondary N) is 2. The molecule has 0 saturated carbocycles. The molecule has 102 valence electrons. The van der Waals surface area contributed by atoms with Crippen LogP contribution in [0.1, 0.15) is 18.3 Å². The maximum absolute atomic E-state index is 5.45. The highest BCUT2D eigenvalue weighted by molar-refractivity contribution is 5.56. The average molecular weight is 261 g/mol. The van der Waals surface area contributed by atoms with Gasteiger partial charge >= 0.3 is 0 Å². The van der Waals surface area contributed by atoms with E-state index < -0.39 is 0 Å². The summed E-state index contributed by atoms with van der Waals surface area (Å²) >= 11 is 0. The number of aryl methyl sites for hydroxylation is 1. The first-order chi connectivity index (χ1) is 9.10. The molecule has 0 radical (unpaired) electrons. The SMILES string of the molecule is Cc1nc(NN)c(C)c(NC(C)Cn2cccn2)n1. The van der Waals surface area contributed by atoms with Crippen molar-refractivity contribution in [2.45, 2.75) is 33.4 Å². The van der Waals surface area contributed by atoms with Crippen molar-refractivity contribution in [3.8, 4) is 0 Å². The Morgan fingerprint density at radius 1 is 1.32 bits per heavy atom. The molecule has 7 nitrogen and oxygen atoms in total. The number of nitrogens with zero attached hydrogens (tertiary/aromatic N) is 4. The summed E-state index contributed by atoms with van der Waals surface area (Å²) in [7, 11) is 0. The molecular weight excluding hydrogens is 242 g/mol. The highest BCUT2D eigenvalue weighted by Crippen LogP contribution is 2.19. The van der Waals surface area contributed by atoms with Crippen LogP contribution in [0.2, 0.25) is 0 Å². The van der Waals surface area contributed by atoms with Crippen LogP contribution in [0.4, 0.5) is 11.6 Å². The Hall–Kier alpha value is -2.15. The molecule has 2 rings (SSSR count). The van der Waals surface area contributed by atoms with Crippen molar-refractivity contribution in [3.63, 3.8) is 0 Å². The van der Waals surface area contributed by atoms with Crippen molar-refractivity contribution >= 4 is 11.6 Å². The summed E-state index contributed by atoms with van der Waals surface area (Å²) in [6.45, 7) is 6.61. The lowest BCUT2D eigenvalue weighted by atomic mass is 10.2. The van der Waals surface area contributed by atoms with E-state index in [0.29, 0.717) is 11.6 Å². The van der Waals surface area contributed by atoms with Crippen LogP contribution in [-0.2, 0) is 6.54 Å². The second-order valence-corrected chi connectivity index (χ2v) is 4.51. The van der Waals surface area contributed by atoms with Gasteiger partial charge in [-0.25, -0.2) is 15.8 Å². The lowest BCUT2D eigenvalue weighted by molar-refractivity contribution is 0.559. The summed E-state index contributed by atoms with van der Waals surface area (Å²) in [5.41, 5.74) is 3.49. The molecule has 0 bridgehead atoms. The minimum atomic E-state index is 0.193. The molecule has 0 saturated heterocycles. The zero-order valence-corrected chi connectivity index (χ0v) is 11.4. The van der Waals surface area contributed by atoms with Crippen molar-refractivity contribution in [3.05, 3.63) is 29.8 Å². The molecule has 0 fully saturated rings. The Bertz CT molecular complexity index is 535. The van der Waals surface area contributed by atoms with Crippen LogP contribution in [0, 0.1) is 13.8 Å². The minimum Gasteiger partial charge on any atom is -0.365 e. The van der Waals surface area contributed by atoms with Gasteiger partial charge in [-0.3, -0.25) is 4.68 Å². The van der Waals surface area contributed by atoms with E-state index in [-0.39, 0.29) is 6.04 Å². The van der Waals surface area contributed by atoms with Gasteiger partial charge in [0.05, 0.1) is 6.54 Å². The fourth-order valence-electron chi connectivity index (χ4n) is 1.88. The van der Waals surface area contributed by atoms with E-state index in [1.54, 1.807) is 6.20 Å². The van der Waals surface area contributed by atoms with Gasteiger partial charge in [0.1, 0.15) is 17.5 Å². The fraction of sp³-hybridized carbons (Fsp3) is 0.417. The first-order valence-corrected chi connectivity index (χ1v) is 6.16. The topological polar surface area (TPSA) is 93.7 Å². The van der Waals surface area contributed by atoms with Crippen LogP contribution < -0.4 is 16.6 Å². The van der Waals surface area contributed by atoms with Crippen LogP contribution in [0.15, 0.2) is 18.5 Å². The van der Waals surface area contributed by atoms with Crippen molar-refractivity contribution in [2.75, 3.05) is 10.7 Å². The number of hydrogen-bond acceptors (Lipinski definition) is 6. The van der Waals surface area contributed by atoms with Gasteiger partial charge < -0.3 is 10.7 Å². The number of rotatable bonds is 5. The second-order valence-electron chi connectivity index (χ2n) is 4.51. The third-order valence-corrected chi connectivity index (χ3v) is 2.80. The van der Waals surface area contributed by atoms with Crippen molar-refractivity contribution < 1.29 is 0 Å². The number of hydrogen-bond donors (Lipinski definition) is 3. The second kappa shape index (κ2) is 5.66. The molecule has 0 aromatic carbocycles. The molecule has 7 heteroatoms. The molecule has 2 aromatic heterocycles. The monoisotopic (exact) mass is 261 g/mol. The van der Waals surface area contributed by atoms with Gasteiger partial charge in [0.2, 0.25) is 0 Å². The summed E-state index contributed by atoms with van der Waals surface area (Å²) in [6.07, 6.45) is 3.70. The predicted octanol–water partition coefficient (Wildman–Crippen LogP) is 1.08. The van der Waals surface area contributed by atoms with Gasteiger partial charge in [-0.15, -0.1) is 0 Å². The predicted molar refractivity (Wildman–Crippen MR) is 74.6 cm³/mol. The van der Waals surface area contributed by atoms with Crippen LogP contribution in [0.5, 0.6) is 0 Å². The van der Waals surface area contributed by atoms with E-state index in [0.717, 1.165) is 17.9 Å². The normalized spacial score (nSPS) is 12.2. The fourth-order valence-corrected chi connectivity index (χ4v) is 1.88. The highest BCUT2D eigenvalue weighted by Gasteiger charge is 2.11. The maximum atomic E-state index is 5.45. The highest BCUT2D eigenvalue weighted by atomic mass is 15.3. The number of anilines is 2. The van der Waals surface area contributed by atoms with Gasteiger partial charge in [-0.05, 0) is 26.8 Å². The molecule has 0 amide bonds. The third kappa shape index (κ3) is 3.19. The molecule has 0 spiro atoms. The average Bonchev–Trinajstić information content (AvgIpc) is 2.86. The van der Waals surface area contributed by atoms with Crippen LogP contribution in [0.3, 0.4) is 0 Å². The summed E-state index contributed by atoms with van der Waals surface area (Å²) in [5.74, 6) is 7.55. The summed E-state index contributed by atoms with van der Waals surface area (Å²) in [5, 5.41) is 7.54. The maximum Gasteiger partial charge on any atom is 0.148 e. The van der Waals surface area contributed by atoms with Gasteiger partial charge in [-0.2, -0.15) is 5.10 Å². The number of nitrogens with two attached hydrogens (primary N) is 1. The smallest absolute Gasteiger partial charge is 0.148 e. The number of nitrogen functional groups attached to an aromatic ring is 1. The Balaban J connectivity index is 2.12. The van der Waals surface area contributed by atoms with E-state index in [4.69, 9.17) is 5.84 Å². The van der Waals surface area contributed by atoms with Crippen LogP contribution in [0.25, 0.3) is 0 Å². The van der Waals surface area contributed by atoms with Crippen LogP contribution >= 0.6 is 0 Å². The van der Waals surface area contributed by atoms with Crippen LogP contribution in [-0.4, -0.2) is 25.8 Å². The number of hydrazine groups is 1. The molecular formula is C12H19N7. The minimum absolute atomic E-state index is 0.193. The lowest BCUT2D eigenvalue weighted by Crippen LogP contribution is -2.24. The Labute approximate surface area is 112 Å². The van der Waals surface area contributed by atoms with E-state index in [2.05, 4.69) is 32.7 Å². The quantitative estimate of drug-likeness (QED) is 0.551. The molecule has 19 heavy (non-hydrogen) atoms. The third-order valence-electron chi connectivity index (χ3n) is 2.80. The molecule has 2 heterocycles. The molecule has 1 unspecified atom stereocenters. The molecule has 1 atom stereocenters. The molecule has 0 aliphatic carbocycles. The summed E-state index contributed by atoms with van der Waals surface area (Å²) < 4.78 is 1.88. The summed E-state index contributed by atoms with van der Waals surface area (Å²) in [6, 6.07) is 2.10. The Kier molecular flexibility index (Phi) is 3.96. The molecule has 4 N–H and O–H groups in total. The van der Waals surface area contributed by atoms with Crippen molar-refractivity contribution in [2.24, 2.45) is 5.84 Å². The standard InChI is InChI=1S/C12H19N7/c1-8(7-19-6-4-5-14-19)15-11-9(2)12(18-13)17-10(3)16-11/h4-6,8H,7,13H2,1-3H3,(H2,15,16,17,18). The Morgan fingerprint density at radius 2 is 2.05 bits per heavy atom. The van der Waals surface area contributed by atoms with E-state index >= 15 is 0 Å². The molecule has 0 aliphatic rings. The molecule has 0 aliphatic heterocycles. The van der Waals surface area contributed by atoms with Gasteiger partial charge in [-0.1, -0.05) is 0 Å². The number of aromatic nitrogens is 4. The van der Waals surface area contributed by atoms with Crippen molar-refractivity contribution in [1.29, 1.82) is 0 Å². The first kappa shape index (κ1) is 13.3. The zero-order chi connectivity index (χ0) is 13.8. The zero-order valence-electron chi connectivity index (χ0n) is 11.4. The van der Waals surface area contributed by atoms with E-state index in [9.17, 15) is 0 Å². The summed E-state index contributed by atoms with van der Waals surface area (Å²) in [4.78, 5) is 8.63. The first-order valence-electron chi connectivity index (χ1n) is 6.16. The van der Waals surface area contributed by atoms with Gasteiger partial charge in [0.25, 0.3) is 0 Å². The van der Waals surface area contributed by atoms with Gasteiger partial charge in [0, 0.05) is 24.0 Å². The largest absolute Gasteiger partial charge is 0.365 e. The van der Waals surface area contributed by atoms with E-state index in [1.807, 2.05) is 30.8 Å². The Morgan fingerprint density at radius 3 is 2.68 bits per heavy atom.